The average molecular weight is 497 g/mol. The van der Waals surface area contributed by atoms with Crippen molar-refractivity contribution in [3.05, 3.63) is 36.0 Å². The molecule has 0 spiro atoms. The van der Waals surface area contributed by atoms with E-state index in [1.54, 1.807) is 7.11 Å². The molecule has 1 aromatic heterocycles. The number of benzene rings is 1. The lowest BCUT2D eigenvalue weighted by molar-refractivity contribution is -0.138. The second-order valence-electron chi connectivity index (χ2n) is 10.6. The van der Waals surface area contributed by atoms with E-state index in [4.69, 9.17) is 9.47 Å². The highest BCUT2D eigenvalue weighted by atomic mass is 16.5. The van der Waals surface area contributed by atoms with Crippen LogP contribution in [-0.4, -0.2) is 73.4 Å². The van der Waals surface area contributed by atoms with E-state index in [1.165, 1.54) is 16.5 Å². The number of amides is 2. The fourth-order valence-corrected chi connectivity index (χ4v) is 5.70. The monoisotopic (exact) mass is 496 g/mol. The molecule has 1 saturated carbocycles. The molecule has 2 aromatic rings. The van der Waals surface area contributed by atoms with E-state index in [1.807, 2.05) is 0 Å². The van der Waals surface area contributed by atoms with Crippen molar-refractivity contribution in [1.82, 2.24) is 20.1 Å². The largest absolute Gasteiger partial charge is 0.385 e. The van der Waals surface area contributed by atoms with Gasteiger partial charge in [0.05, 0.1) is 17.9 Å². The number of methoxy groups -OCH3 is 1. The SMILES string of the molecule is COCCCn1cc(CN(C(=O)[C@H]2CNC[C@@H](C(=O)NCC3CCCO3)C2)C2CC2)c2ccccc21. The molecule has 8 heteroatoms. The Morgan fingerprint density at radius 3 is 2.81 bits per heavy atom. The molecule has 2 aliphatic heterocycles. The molecule has 3 heterocycles. The third-order valence-electron chi connectivity index (χ3n) is 7.83. The lowest BCUT2D eigenvalue weighted by Crippen LogP contribution is -2.50. The van der Waals surface area contributed by atoms with Crippen LogP contribution in [0, 0.1) is 11.8 Å². The Hall–Kier alpha value is -2.42. The standard InChI is InChI=1S/C28H40N4O4/c1-35-12-5-11-31-18-22(25-7-2-3-8-26(25)31)19-32(23-9-10-23)28(34)21-14-20(15-29-16-21)27(33)30-17-24-6-4-13-36-24/h2-3,7-8,18,20-21,23-24,29H,4-6,9-17,19H2,1H3,(H,30,33)/t20-,21+,24?/m0/s1. The summed E-state index contributed by atoms with van der Waals surface area (Å²) in [7, 11) is 1.73. The molecule has 3 aliphatic rings. The highest BCUT2D eigenvalue weighted by Gasteiger charge is 2.39. The van der Waals surface area contributed by atoms with Crippen molar-refractivity contribution in [2.75, 3.05) is 40.0 Å². The zero-order valence-corrected chi connectivity index (χ0v) is 21.4. The van der Waals surface area contributed by atoms with Crippen LogP contribution in [0.2, 0.25) is 0 Å². The van der Waals surface area contributed by atoms with Crippen LogP contribution in [0.3, 0.4) is 0 Å². The van der Waals surface area contributed by atoms with Gasteiger partial charge in [-0.15, -0.1) is 0 Å². The van der Waals surface area contributed by atoms with E-state index in [2.05, 4.69) is 50.6 Å². The fourth-order valence-electron chi connectivity index (χ4n) is 5.70. The molecular formula is C28H40N4O4. The highest BCUT2D eigenvalue weighted by Crippen LogP contribution is 2.33. The Morgan fingerprint density at radius 1 is 1.19 bits per heavy atom. The number of hydrogen-bond donors (Lipinski definition) is 2. The molecule has 196 valence electrons. The summed E-state index contributed by atoms with van der Waals surface area (Å²) < 4.78 is 13.2. The molecule has 0 bridgehead atoms. The molecule has 0 radical (unpaired) electrons. The number of nitrogens with one attached hydrogen (secondary N) is 2. The minimum Gasteiger partial charge on any atom is -0.385 e. The summed E-state index contributed by atoms with van der Waals surface area (Å²) in [5, 5.41) is 7.63. The van der Waals surface area contributed by atoms with Gasteiger partial charge in [-0.1, -0.05) is 18.2 Å². The molecule has 8 nitrogen and oxygen atoms in total. The van der Waals surface area contributed by atoms with Gasteiger partial charge >= 0.3 is 0 Å². The summed E-state index contributed by atoms with van der Waals surface area (Å²) in [6.45, 7) is 4.84. The maximum absolute atomic E-state index is 13.8. The molecule has 2 amide bonds. The molecule has 1 aliphatic carbocycles. The van der Waals surface area contributed by atoms with Crippen LogP contribution in [0.5, 0.6) is 0 Å². The Morgan fingerprint density at radius 2 is 2.03 bits per heavy atom. The molecular weight excluding hydrogens is 456 g/mol. The van der Waals surface area contributed by atoms with E-state index in [0.717, 1.165) is 51.9 Å². The van der Waals surface area contributed by atoms with Crippen LogP contribution in [0.1, 0.15) is 44.1 Å². The minimum absolute atomic E-state index is 0.0348. The van der Waals surface area contributed by atoms with E-state index in [-0.39, 0.29) is 29.8 Å². The number of aromatic nitrogens is 1. The number of carbonyl (C=O) groups excluding carboxylic acids is 2. The Kier molecular flexibility index (Phi) is 8.24. The number of nitrogens with zero attached hydrogens (tertiary/aromatic N) is 2. The predicted molar refractivity (Wildman–Crippen MR) is 138 cm³/mol. The van der Waals surface area contributed by atoms with Crippen molar-refractivity contribution in [3.63, 3.8) is 0 Å². The van der Waals surface area contributed by atoms with Crippen LogP contribution in [-0.2, 0) is 32.2 Å². The van der Waals surface area contributed by atoms with Gasteiger partial charge in [-0.05, 0) is 50.2 Å². The number of ether oxygens (including phenoxy) is 2. The summed E-state index contributed by atoms with van der Waals surface area (Å²) in [6.07, 6.45) is 8.07. The summed E-state index contributed by atoms with van der Waals surface area (Å²) in [5.74, 6) is -0.142. The number of carbonyl (C=O) groups is 2. The number of para-hydroxylation sites is 1. The van der Waals surface area contributed by atoms with Crippen molar-refractivity contribution in [2.24, 2.45) is 11.8 Å². The normalized spacial score (nSPS) is 24.2. The second kappa shape index (κ2) is 11.8. The zero-order chi connectivity index (χ0) is 24.9. The smallest absolute Gasteiger partial charge is 0.227 e. The van der Waals surface area contributed by atoms with Crippen LogP contribution in [0.25, 0.3) is 10.9 Å². The topological polar surface area (TPSA) is 84.8 Å². The van der Waals surface area contributed by atoms with Crippen LogP contribution in [0.4, 0.5) is 0 Å². The molecule has 1 aromatic carbocycles. The van der Waals surface area contributed by atoms with Gasteiger partial charge in [0.2, 0.25) is 11.8 Å². The maximum atomic E-state index is 13.8. The third kappa shape index (κ3) is 5.93. The Labute approximate surface area is 213 Å². The van der Waals surface area contributed by atoms with Gasteiger partial charge in [0.1, 0.15) is 0 Å². The van der Waals surface area contributed by atoms with Crippen molar-refractivity contribution < 1.29 is 19.1 Å². The number of aryl methyl sites for hydroxylation is 1. The average Bonchev–Trinajstić information content (AvgIpc) is 3.50. The summed E-state index contributed by atoms with van der Waals surface area (Å²) >= 11 is 0. The molecule has 5 rings (SSSR count). The van der Waals surface area contributed by atoms with Crippen molar-refractivity contribution in [2.45, 2.75) is 63.8 Å². The second-order valence-corrected chi connectivity index (χ2v) is 10.6. The lowest BCUT2D eigenvalue weighted by Gasteiger charge is -2.33. The van der Waals surface area contributed by atoms with E-state index in [0.29, 0.717) is 38.6 Å². The molecule has 2 N–H and O–H groups in total. The first kappa shape index (κ1) is 25.2. The van der Waals surface area contributed by atoms with Gasteiger partial charge in [0.25, 0.3) is 0 Å². The van der Waals surface area contributed by atoms with E-state index in [9.17, 15) is 9.59 Å². The lowest BCUT2D eigenvalue weighted by atomic mass is 9.88. The van der Waals surface area contributed by atoms with Gasteiger partial charge < -0.3 is 29.6 Å². The molecule has 3 fully saturated rings. The summed E-state index contributed by atoms with van der Waals surface area (Å²) in [6, 6.07) is 8.76. The zero-order valence-electron chi connectivity index (χ0n) is 21.4. The quantitative estimate of drug-likeness (QED) is 0.468. The maximum Gasteiger partial charge on any atom is 0.227 e. The number of hydrogen-bond acceptors (Lipinski definition) is 5. The number of piperidine rings is 1. The van der Waals surface area contributed by atoms with Crippen molar-refractivity contribution in [3.8, 4) is 0 Å². The number of fused-ring (bicyclic) bond motifs is 1. The first-order chi connectivity index (χ1) is 17.6. The molecule has 1 unspecified atom stereocenters. The minimum atomic E-state index is -0.183. The molecule has 2 saturated heterocycles. The van der Waals surface area contributed by atoms with E-state index < -0.39 is 0 Å². The van der Waals surface area contributed by atoms with Gasteiger partial charge in [0.15, 0.2) is 0 Å². The first-order valence-corrected chi connectivity index (χ1v) is 13.6. The van der Waals surface area contributed by atoms with E-state index >= 15 is 0 Å². The van der Waals surface area contributed by atoms with Crippen LogP contribution >= 0.6 is 0 Å². The Balaban J connectivity index is 1.25. The van der Waals surface area contributed by atoms with Gasteiger partial charge in [-0.2, -0.15) is 0 Å². The highest BCUT2D eigenvalue weighted by molar-refractivity contribution is 5.86. The van der Waals surface area contributed by atoms with Gasteiger partial charge in [0, 0.05) is 76.2 Å². The summed E-state index contributed by atoms with van der Waals surface area (Å²) in [4.78, 5) is 28.7. The fraction of sp³-hybridized carbons (Fsp3) is 0.643. The van der Waals surface area contributed by atoms with Crippen molar-refractivity contribution >= 4 is 22.7 Å². The molecule has 36 heavy (non-hydrogen) atoms. The molecule has 3 atom stereocenters. The van der Waals surface area contributed by atoms with Crippen molar-refractivity contribution in [1.29, 1.82) is 0 Å². The number of rotatable bonds is 11. The summed E-state index contributed by atoms with van der Waals surface area (Å²) in [5.41, 5.74) is 2.40. The predicted octanol–water partition coefficient (Wildman–Crippen LogP) is 2.69. The van der Waals surface area contributed by atoms with Crippen LogP contribution in [0.15, 0.2) is 30.5 Å². The third-order valence-corrected chi connectivity index (χ3v) is 7.83. The van der Waals surface area contributed by atoms with Crippen LogP contribution < -0.4 is 10.6 Å². The first-order valence-electron chi connectivity index (χ1n) is 13.6. The van der Waals surface area contributed by atoms with Gasteiger partial charge in [-0.25, -0.2) is 0 Å². The van der Waals surface area contributed by atoms with Gasteiger partial charge in [-0.3, -0.25) is 9.59 Å². The Bertz CT molecular complexity index is 1040.